The lowest BCUT2D eigenvalue weighted by Crippen LogP contribution is -2.24. The van der Waals surface area contributed by atoms with Crippen LogP contribution in [0.4, 0.5) is 0 Å². The molecule has 0 amide bonds. The highest BCUT2D eigenvalue weighted by Crippen LogP contribution is 2.27. The number of thiazole rings is 1. The van der Waals surface area contributed by atoms with Gasteiger partial charge in [-0.3, -0.25) is 0 Å². The molecular formula is C16H21BrN2S. The van der Waals surface area contributed by atoms with Gasteiger partial charge in [0.1, 0.15) is 0 Å². The third kappa shape index (κ3) is 3.90. The Kier molecular flexibility index (Phi) is 5.75. The van der Waals surface area contributed by atoms with Gasteiger partial charge >= 0.3 is 0 Å². The number of nitrogens with zero attached hydrogens (tertiary/aromatic N) is 1. The molecule has 0 fully saturated rings. The van der Waals surface area contributed by atoms with Gasteiger partial charge in [-0.05, 0) is 43.5 Å². The van der Waals surface area contributed by atoms with Crippen molar-refractivity contribution in [2.24, 2.45) is 0 Å². The van der Waals surface area contributed by atoms with E-state index in [-0.39, 0.29) is 0 Å². The van der Waals surface area contributed by atoms with Gasteiger partial charge in [0.2, 0.25) is 0 Å². The summed E-state index contributed by atoms with van der Waals surface area (Å²) in [5.41, 5.74) is 3.94. The molecule has 4 heteroatoms. The largest absolute Gasteiger partial charge is 0.310 e. The van der Waals surface area contributed by atoms with Crippen molar-refractivity contribution in [2.75, 3.05) is 6.54 Å². The number of aryl methyl sites for hydroxylation is 2. The van der Waals surface area contributed by atoms with E-state index in [0.717, 1.165) is 19.4 Å². The number of rotatable bonds is 6. The highest BCUT2D eigenvalue weighted by atomic mass is 79.9. The van der Waals surface area contributed by atoms with Crippen molar-refractivity contribution >= 4 is 27.3 Å². The number of halogens is 1. The van der Waals surface area contributed by atoms with Gasteiger partial charge in [-0.25, -0.2) is 4.98 Å². The Hall–Kier alpha value is -0.710. The third-order valence-electron chi connectivity index (χ3n) is 3.36. The monoisotopic (exact) mass is 352 g/mol. The molecule has 1 heterocycles. The minimum absolute atomic E-state index is 0.339. The molecule has 1 aromatic carbocycles. The van der Waals surface area contributed by atoms with Crippen LogP contribution < -0.4 is 5.32 Å². The second kappa shape index (κ2) is 7.34. The van der Waals surface area contributed by atoms with Crippen LogP contribution >= 0.6 is 27.3 Å². The first kappa shape index (κ1) is 15.7. The maximum absolute atomic E-state index is 4.42. The molecule has 0 saturated carbocycles. The number of hydrogen-bond acceptors (Lipinski definition) is 3. The topological polar surface area (TPSA) is 24.9 Å². The second-order valence-corrected chi connectivity index (χ2v) is 6.88. The lowest BCUT2D eigenvalue weighted by atomic mass is 9.99. The van der Waals surface area contributed by atoms with Gasteiger partial charge in [-0.15, -0.1) is 11.3 Å². The predicted octanol–water partition coefficient (Wildman–Crippen LogP) is 4.81. The summed E-state index contributed by atoms with van der Waals surface area (Å²) >= 11 is 5.38. The molecule has 2 nitrogen and oxygen atoms in total. The summed E-state index contributed by atoms with van der Waals surface area (Å²) in [7, 11) is 0. The van der Waals surface area contributed by atoms with E-state index < -0.39 is 0 Å². The van der Waals surface area contributed by atoms with Crippen molar-refractivity contribution in [1.29, 1.82) is 0 Å². The van der Waals surface area contributed by atoms with Gasteiger partial charge in [0, 0.05) is 28.5 Å². The molecule has 0 aliphatic heterocycles. The van der Waals surface area contributed by atoms with Crippen LogP contribution in [0.15, 0.2) is 28.2 Å². The molecule has 1 N–H and O–H groups in total. The molecule has 0 saturated heterocycles. The standard InChI is InChI=1S/C16H21BrN2S/c1-4-5-18-14(10-15-19-6-7-20-15)13-8-11(2)16(17)12(3)9-13/h6-9,14,18H,4-5,10H2,1-3H3. The van der Waals surface area contributed by atoms with Crippen LogP contribution in [-0.2, 0) is 6.42 Å². The number of hydrogen-bond donors (Lipinski definition) is 1. The summed E-state index contributed by atoms with van der Waals surface area (Å²) in [6.07, 6.45) is 3.98. The van der Waals surface area contributed by atoms with E-state index in [0.29, 0.717) is 6.04 Å². The Morgan fingerprint density at radius 3 is 2.55 bits per heavy atom. The fraction of sp³-hybridized carbons (Fsp3) is 0.438. The number of benzene rings is 1. The summed E-state index contributed by atoms with van der Waals surface area (Å²) in [5.74, 6) is 0. The first-order valence-electron chi connectivity index (χ1n) is 7.00. The van der Waals surface area contributed by atoms with Gasteiger partial charge in [0.05, 0.1) is 5.01 Å². The number of nitrogens with one attached hydrogen (secondary N) is 1. The molecule has 1 unspecified atom stereocenters. The highest BCUT2D eigenvalue weighted by molar-refractivity contribution is 9.10. The lowest BCUT2D eigenvalue weighted by Gasteiger charge is -2.20. The summed E-state index contributed by atoms with van der Waals surface area (Å²) < 4.78 is 1.21. The zero-order chi connectivity index (χ0) is 14.5. The van der Waals surface area contributed by atoms with Crippen molar-refractivity contribution in [3.63, 3.8) is 0 Å². The van der Waals surface area contributed by atoms with E-state index in [1.165, 1.54) is 26.2 Å². The third-order valence-corrected chi connectivity index (χ3v) is 5.42. The van der Waals surface area contributed by atoms with E-state index in [2.05, 4.69) is 59.1 Å². The minimum atomic E-state index is 0.339. The Balaban J connectivity index is 2.25. The highest BCUT2D eigenvalue weighted by Gasteiger charge is 2.15. The fourth-order valence-corrected chi connectivity index (χ4v) is 3.23. The fourth-order valence-electron chi connectivity index (χ4n) is 2.34. The zero-order valence-corrected chi connectivity index (χ0v) is 14.6. The average Bonchev–Trinajstić information content (AvgIpc) is 2.93. The summed E-state index contributed by atoms with van der Waals surface area (Å²) in [6.45, 7) is 7.54. The summed E-state index contributed by atoms with van der Waals surface area (Å²) in [5, 5.41) is 6.89. The minimum Gasteiger partial charge on any atom is -0.310 e. The van der Waals surface area contributed by atoms with Gasteiger partial charge in [0.25, 0.3) is 0 Å². The Labute approximate surface area is 133 Å². The van der Waals surface area contributed by atoms with Crippen LogP contribution in [0.3, 0.4) is 0 Å². The van der Waals surface area contributed by atoms with Gasteiger partial charge in [-0.2, -0.15) is 0 Å². The van der Waals surface area contributed by atoms with E-state index >= 15 is 0 Å². The van der Waals surface area contributed by atoms with Crippen molar-refractivity contribution in [3.05, 3.63) is 49.9 Å². The zero-order valence-electron chi connectivity index (χ0n) is 12.2. The summed E-state index contributed by atoms with van der Waals surface area (Å²) in [4.78, 5) is 4.42. The lowest BCUT2D eigenvalue weighted by molar-refractivity contribution is 0.527. The second-order valence-electron chi connectivity index (χ2n) is 5.11. The summed E-state index contributed by atoms with van der Waals surface area (Å²) in [6, 6.07) is 4.89. The van der Waals surface area contributed by atoms with E-state index in [9.17, 15) is 0 Å². The molecule has 1 aromatic heterocycles. The molecule has 0 bridgehead atoms. The van der Waals surface area contributed by atoms with E-state index in [1.807, 2.05) is 11.6 Å². The molecule has 0 aliphatic rings. The van der Waals surface area contributed by atoms with Crippen LogP contribution in [0.1, 0.15) is 41.1 Å². The normalized spacial score (nSPS) is 12.6. The molecule has 108 valence electrons. The van der Waals surface area contributed by atoms with Gasteiger partial charge in [-0.1, -0.05) is 35.0 Å². The van der Waals surface area contributed by atoms with Crippen molar-refractivity contribution in [1.82, 2.24) is 10.3 Å². The smallest absolute Gasteiger partial charge is 0.0943 e. The van der Waals surface area contributed by atoms with E-state index in [4.69, 9.17) is 0 Å². The first-order chi connectivity index (χ1) is 9.61. The molecule has 0 aliphatic carbocycles. The molecule has 20 heavy (non-hydrogen) atoms. The maximum atomic E-state index is 4.42. The predicted molar refractivity (Wildman–Crippen MR) is 90.5 cm³/mol. The first-order valence-corrected chi connectivity index (χ1v) is 8.67. The van der Waals surface area contributed by atoms with Crippen molar-refractivity contribution < 1.29 is 0 Å². The van der Waals surface area contributed by atoms with Crippen LogP contribution in [0.5, 0.6) is 0 Å². The Bertz CT molecular complexity index is 529. The molecular weight excluding hydrogens is 332 g/mol. The van der Waals surface area contributed by atoms with Crippen LogP contribution in [0.25, 0.3) is 0 Å². The number of aromatic nitrogens is 1. The van der Waals surface area contributed by atoms with E-state index in [1.54, 1.807) is 11.3 Å². The van der Waals surface area contributed by atoms with Crippen molar-refractivity contribution in [3.8, 4) is 0 Å². The molecule has 2 aromatic rings. The Morgan fingerprint density at radius 1 is 1.30 bits per heavy atom. The maximum Gasteiger partial charge on any atom is 0.0943 e. The molecule has 1 atom stereocenters. The SMILES string of the molecule is CCCNC(Cc1nccs1)c1cc(C)c(Br)c(C)c1. The van der Waals surface area contributed by atoms with Gasteiger partial charge in [0.15, 0.2) is 0 Å². The van der Waals surface area contributed by atoms with Gasteiger partial charge < -0.3 is 5.32 Å². The molecule has 0 spiro atoms. The quantitative estimate of drug-likeness (QED) is 0.806. The molecule has 0 radical (unpaired) electrons. The van der Waals surface area contributed by atoms with Crippen LogP contribution in [0.2, 0.25) is 0 Å². The van der Waals surface area contributed by atoms with Crippen molar-refractivity contribution in [2.45, 2.75) is 39.7 Å². The average molecular weight is 353 g/mol. The van der Waals surface area contributed by atoms with Crippen LogP contribution in [0, 0.1) is 13.8 Å². The Morgan fingerprint density at radius 2 is 2.00 bits per heavy atom. The molecule has 2 rings (SSSR count). The van der Waals surface area contributed by atoms with Crippen LogP contribution in [-0.4, -0.2) is 11.5 Å².